The van der Waals surface area contributed by atoms with Gasteiger partial charge in [-0.05, 0) is 61.5 Å². The third-order valence-electron chi connectivity index (χ3n) is 3.60. The van der Waals surface area contributed by atoms with E-state index in [1.54, 1.807) is 11.8 Å². The summed E-state index contributed by atoms with van der Waals surface area (Å²) in [6.45, 7) is 4.32. The molecule has 0 aliphatic carbocycles. The van der Waals surface area contributed by atoms with Crippen molar-refractivity contribution >= 4 is 11.8 Å². The molecule has 100 valence electrons. The number of hydrogen-bond donors (Lipinski definition) is 1. The molecular formula is C17H21NS. The van der Waals surface area contributed by atoms with E-state index in [1.807, 2.05) is 7.05 Å². The summed E-state index contributed by atoms with van der Waals surface area (Å²) in [7, 11) is 2.02. The summed E-state index contributed by atoms with van der Waals surface area (Å²) in [4.78, 5) is 1.30. The molecule has 0 amide bonds. The zero-order valence-electron chi connectivity index (χ0n) is 12.0. The first kappa shape index (κ1) is 14.2. The van der Waals surface area contributed by atoms with Crippen LogP contribution >= 0.6 is 11.8 Å². The fourth-order valence-corrected chi connectivity index (χ4v) is 2.67. The van der Waals surface area contributed by atoms with Gasteiger partial charge in [0.2, 0.25) is 0 Å². The molecule has 0 saturated carbocycles. The van der Waals surface area contributed by atoms with Crippen LogP contribution in [0, 0.1) is 13.8 Å². The van der Waals surface area contributed by atoms with Crippen LogP contribution in [0.5, 0.6) is 0 Å². The van der Waals surface area contributed by atoms with E-state index in [1.165, 1.54) is 27.1 Å². The van der Waals surface area contributed by atoms with E-state index in [0.29, 0.717) is 0 Å². The Labute approximate surface area is 120 Å². The van der Waals surface area contributed by atoms with Crippen LogP contribution in [-0.2, 0) is 0 Å². The number of rotatable bonds is 4. The van der Waals surface area contributed by atoms with Crippen LogP contribution in [0.3, 0.4) is 0 Å². The van der Waals surface area contributed by atoms with E-state index in [0.717, 1.165) is 0 Å². The van der Waals surface area contributed by atoms with Crippen molar-refractivity contribution in [3.63, 3.8) is 0 Å². The predicted octanol–water partition coefficient (Wildman–Crippen LogP) is 4.33. The summed E-state index contributed by atoms with van der Waals surface area (Å²) >= 11 is 1.78. The Balaban J connectivity index is 2.34. The number of aryl methyl sites for hydroxylation is 2. The van der Waals surface area contributed by atoms with Gasteiger partial charge in [-0.25, -0.2) is 0 Å². The molecule has 0 aliphatic rings. The van der Waals surface area contributed by atoms with Crippen molar-refractivity contribution in [1.82, 2.24) is 5.32 Å². The number of hydrogen-bond acceptors (Lipinski definition) is 2. The van der Waals surface area contributed by atoms with Gasteiger partial charge in [0.25, 0.3) is 0 Å². The summed E-state index contributed by atoms with van der Waals surface area (Å²) in [5.41, 5.74) is 5.32. The summed E-state index contributed by atoms with van der Waals surface area (Å²) in [6, 6.07) is 15.7. The quantitative estimate of drug-likeness (QED) is 0.830. The third-order valence-corrected chi connectivity index (χ3v) is 4.35. The highest BCUT2D eigenvalue weighted by Gasteiger charge is 2.12. The van der Waals surface area contributed by atoms with Crippen molar-refractivity contribution in [3.05, 3.63) is 64.7 Å². The highest BCUT2D eigenvalue weighted by molar-refractivity contribution is 7.98. The highest BCUT2D eigenvalue weighted by atomic mass is 32.2. The molecule has 0 saturated heterocycles. The third kappa shape index (κ3) is 3.20. The van der Waals surface area contributed by atoms with Crippen LogP contribution in [0.25, 0.3) is 0 Å². The molecule has 0 aliphatic heterocycles. The Kier molecular flexibility index (Phi) is 4.67. The van der Waals surface area contributed by atoms with Crippen LogP contribution in [0.4, 0.5) is 0 Å². The zero-order valence-corrected chi connectivity index (χ0v) is 12.8. The van der Waals surface area contributed by atoms with Gasteiger partial charge in [0.05, 0.1) is 6.04 Å². The maximum atomic E-state index is 3.41. The number of thioether (sulfide) groups is 1. The first-order chi connectivity index (χ1) is 9.15. The molecule has 1 atom stereocenters. The van der Waals surface area contributed by atoms with E-state index in [2.05, 4.69) is 67.9 Å². The van der Waals surface area contributed by atoms with Gasteiger partial charge in [0.15, 0.2) is 0 Å². The zero-order chi connectivity index (χ0) is 13.8. The molecule has 1 N–H and O–H groups in total. The molecule has 19 heavy (non-hydrogen) atoms. The second kappa shape index (κ2) is 6.27. The SMILES string of the molecule is CNC(c1ccc(SC)cc1)c1ccc(C)c(C)c1. The molecular weight excluding hydrogens is 250 g/mol. The minimum Gasteiger partial charge on any atom is -0.309 e. The van der Waals surface area contributed by atoms with Gasteiger partial charge in [0, 0.05) is 4.90 Å². The number of benzene rings is 2. The van der Waals surface area contributed by atoms with Gasteiger partial charge in [0.1, 0.15) is 0 Å². The average molecular weight is 271 g/mol. The summed E-state index contributed by atoms with van der Waals surface area (Å²) in [6.07, 6.45) is 2.11. The lowest BCUT2D eigenvalue weighted by atomic mass is 9.96. The monoisotopic (exact) mass is 271 g/mol. The first-order valence-corrected chi connectivity index (χ1v) is 7.76. The van der Waals surface area contributed by atoms with Gasteiger partial charge >= 0.3 is 0 Å². The standard InChI is InChI=1S/C17H21NS/c1-12-5-6-15(11-13(12)2)17(18-3)14-7-9-16(19-4)10-8-14/h5-11,17-18H,1-4H3. The minimum atomic E-state index is 0.259. The van der Waals surface area contributed by atoms with E-state index in [4.69, 9.17) is 0 Å². The lowest BCUT2D eigenvalue weighted by molar-refractivity contribution is 0.690. The molecule has 0 bridgehead atoms. The van der Waals surface area contributed by atoms with Gasteiger partial charge in [-0.2, -0.15) is 0 Å². The second-order valence-corrected chi connectivity index (χ2v) is 5.72. The Morgan fingerprint density at radius 3 is 2.05 bits per heavy atom. The van der Waals surface area contributed by atoms with Crippen LogP contribution in [0.15, 0.2) is 47.4 Å². The van der Waals surface area contributed by atoms with E-state index in [-0.39, 0.29) is 6.04 Å². The lowest BCUT2D eigenvalue weighted by Gasteiger charge is -2.18. The molecule has 1 nitrogen and oxygen atoms in total. The Morgan fingerprint density at radius 2 is 1.53 bits per heavy atom. The smallest absolute Gasteiger partial charge is 0.0574 e. The van der Waals surface area contributed by atoms with E-state index >= 15 is 0 Å². The lowest BCUT2D eigenvalue weighted by Crippen LogP contribution is -2.17. The maximum absolute atomic E-state index is 3.41. The van der Waals surface area contributed by atoms with E-state index < -0.39 is 0 Å². The summed E-state index contributed by atoms with van der Waals surface area (Å²) in [5.74, 6) is 0. The van der Waals surface area contributed by atoms with Crippen molar-refractivity contribution in [2.75, 3.05) is 13.3 Å². The first-order valence-electron chi connectivity index (χ1n) is 6.54. The van der Waals surface area contributed by atoms with Gasteiger partial charge in [-0.15, -0.1) is 11.8 Å². The van der Waals surface area contributed by atoms with Crippen molar-refractivity contribution in [3.8, 4) is 0 Å². The Bertz CT molecular complexity index is 546. The summed E-state index contributed by atoms with van der Waals surface area (Å²) < 4.78 is 0. The number of nitrogens with one attached hydrogen (secondary N) is 1. The largest absolute Gasteiger partial charge is 0.309 e. The van der Waals surface area contributed by atoms with Crippen LogP contribution in [0.1, 0.15) is 28.3 Å². The molecule has 2 heteroatoms. The fourth-order valence-electron chi connectivity index (χ4n) is 2.27. The van der Waals surface area contributed by atoms with Gasteiger partial charge < -0.3 is 5.32 Å². The molecule has 2 aromatic carbocycles. The van der Waals surface area contributed by atoms with Crippen LogP contribution in [-0.4, -0.2) is 13.3 Å². The molecule has 1 unspecified atom stereocenters. The summed E-state index contributed by atoms with van der Waals surface area (Å²) in [5, 5.41) is 3.41. The van der Waals surface area contributed by atoms with E-state index in [9.17, 15) is 0 Å². The molecule has 0 radical (unpaired) electrons. The van der Waals surface area contributed by atoms with Crippen LogP contribution in [0.2, 0.25) is 0 Å². The normalized spacial score (nSPS) is 12.4. The molecule has 0 spiro atoms. The topological polar surface area (TPSA) is 12.0 Å². The maximum Gasteiger partial charge on any atom is 0.0574 e. The molecule has 2 rings (SSSR count). The minimum absolute atomic E-state index is 0.259. The molecule has 0 fully saturated rings. The molecule has 0 heterocycles. The average Bonchev–Trinajstić information content (AvgIpc) is 2.44. The fraction of sp³-hybridized carbons (Fsp3) is 0.294. The van der Waals surface area contributed by atoms with Gasteiger partial charge in [-0.1, -0.05) is 30.3 Å². The van der Waals surface area contributed by atoms with Crippen molar-refractivity contribution in [1.29, 1.82) is 0 Å². The molecule has 0 aromatic heterocycles. The van der Waals surface area contributed by atoms with Crippen molar-refractivity contribution in [2.45, 2.75) is 24.8 Å². The van der Waals surface area contributed by atoms with Crippen molar-refractivity contribution in [2.24, 2.45) is 0 Å². The van der Waals surface area contributed by atoms with Crippen molar-refractivity contribution < 1.29 is 0 Å². The van der Waals surface area contributed by atoms with Crippen LogP contribution < -0.4 is 5.32 Å². The Hall–Kier alpha value is -1.25. The highest BCUT2D eigenvalue weighted by Crippen LogP contribution is 2.25. The van der Waals surface area contributed by atoms with Gasteiger partial charge in [-0.3, -0.25) is 0 Å². The molecule has 2 aromatic rings. The predicted molar refractivity (Wildman–Crippen MR) is 85.0 cm³/mol. The second-order valence-electron chi connectivity index (χ2n) is 4.84. The Morgan fingerprint density at radius 1 is 0.895 bits per heavy atom.